The first-order valence-electron chi connectivity index (χ1n) is 3.61. The summed E-state index contributed by atoms with van der Waals surface area (Å²) in [6.07, 6.45) is 5.00. The van der Waals surface area contributed by atoms with Crippen LogP contribution in [0.1, 0.15) is 0 Å². The van der Waals surface area contributed by atoms with Gasteiger partial charge >= 0.3 is 0 Å². The summed E-state index contributed by atoms with van der Waals surface area (Å²) in [6, 6.07) is 2.88. The average Bonchev–Trinajstić information content (AvgIpc) is 2.51. The van der Waals surface area contributed by atoms with E-state index in [4.69, 9.17) is 5.11 Å². The summed E-state index contributed by atoms with van der Waals surface area (Å²) in [7, 11) is 0. The van der Waals surface area contributed by atoms with E-state index in [1.807, 2.05) is 0 Å². The Kier molecular flexibility index (Phi) is 1.66. The Hall–Kier alpha value is -1.97. The number of nitrogens with zero attached hydrogens (tertiary/aromatic N) is 1. The molecule has 0 unspecified atom stereocenters. The zero-order valence-corrected chi connectivity index (χ0v) is 6.56. The summed E-state index contributed by atoms with van der Waals surface area (Å²) in [6.45, 7) is 0. The first kappa shape index (κ1) is 7.67. The monoisotopic (exact) mass is 176 g/mol. The number of aromatic nitrogens is 1. The molecule has 2 heterocycles. The Morgan fingerprint density at radius 2 is 2.23 bits per heavy atom. The minimum Gasteiger partial charge on any atom is -0.508 e. The minimum absolute atomic E-state index is 0.0885. The van der Waals surface area contributed by atoms with Gasteiger partial charge in [0.05, 0.1) is 11.3 Å². The third-order valence-electron chi connectivity index (χ3n) is 1.61. The van der Waals surface area contributed by atoms with E-state index < -0.39 is 0 Å². The summed E-state index contributed by atoms with van der Waals surface area (Å²) in [5.41, 5.74) is 0.860. The van der Waals surface area contributed by atoms with Crippen LogP contribution in [0.4, 0.5) is 0 Å². The average molecular weight is 176 g/mol. The van der Waals surface area contributed by atoms with E-state index in [-0.39, 0.29) is 11.5 Å². The lowest BCUT2D eigenvalue weighted by molar-refractivity contribution is 0.455. The van der Waals surface area contributed by atoms with Gasteiger partial charge < -0.3 is 14.6 Å². The predicted octanol–water partition coefficient (Wildman–Crippen LogP) is 1.55. The van der Waals surface area contributed by atoms with Crippen molar-refractivity contribution in [2.45, 2.75) is 0 Å². The highest BCUT2D eigenvalue weighted by Gasteiger charge is 2.08. The highest BCUT2D eigenvalue weighted by molar-refractivity contribution is 5.65. The molecule has 0 aliphatic carbocycles. The minimum atomic E-state index is -0.113. The molecular weight excluding hydrogens is 170 g/mol. The van der Waals surface area contributed by atoms with E-state index in [0.717, 1.165) is 0 Å². The number of hydrogen-bond donors (Lipinski definition) is 2. The second-order valence-electron chi connectivity index (χ2n) is 2.50. The summed E-state index contributed by atoms with van der Waals surface area (Å²) < 4.78 is 4.64. The maximum Gasteiger partial charge on any atom is 0.215 e. The Morgan fingerprint density at radius 3 is 2.85 bits per heavy atom. The van der Waals surface area contributed by atoms with E-state index in [1.54, 1.807) is 0 Å². The number of furan rings is 1. The summed E-state index contributed by atoms with van der Waals surface area (Å²) in [5, 5.41) is 18.4. The standard InChI is InChI=1S/C9H6NO3/c11-6-1-2-10-8(3-6)7-4-13-5-9(7)12/h1-4,12H,(H,10,11). The van der Waals surface area contributed by atoms with Crippen LogP contribution in [0.5, 0.6) is 11.5 Å². The van der Waals surface area contributed by atoms with Crippen LogP contribution < -0.4 is 0 Å². The molecule has 2 aromatic heterocycles. The third-order valence-corrected chi connectivity index (χ3v) is 1.61. The van der Waals surface area contributed by atoms with E-state index >= 15 is 0 Å². The first-order chi connectivity index (χ1) is 6.27. The van der Waals surface area contributed by atoms with E-state index in [9.17, 15) is 5.11 Å². The van der Waals surface area contributed by atoms with Crippen LogP contribution in [0.25, 0.3) is 11.3 Å². The summed E-state index contributed by atoms with van der Waals surface area (Å²) in [5.74, 6) is -0.0244. The first-order valence-corrected chi connectivity index (χ1v) is 3.61. The molecule has 4 nitrogen and oxygen atoms in total. The molecule has 0 fully saturated rings. The Bertz CT molecular complexity index is 422. The fraction of sp³-hybridized carbons (Fsp3) is 0. The molecule has 4 heteroatoms. The number of aromatic hydroxyl groups is 2. The quantitative estimate of drug-likeness (QED) is 0.691. The largest absolute Gasteiger partial charge is 0.508 e. The molecule has 0 atom stereocenters. The van der Waals surface area contributed by atoms with Crippen molar-refractivity contribution >= 4 is 0 Å². The molecule has 0 aliphatic rings. The van der Waals surface area contributed by atoms with Crippen LogP contribution in [-0.2, 0) is 0 Å². The lowest BCUT2D eigenvalue weighted by Gasteiger charge is -1.96. The lowest BCUT2D eigenvalue weighted by Crippen LogP contribution is -1.79. The van der Waals surface area contributed by atoms with Gasteiger partial charge in [-0.15, -0.1) is 0 Å². The van der Waals surface area contributed by atoms with Gasteiger partial charge in [-0.25, -0.2) is 0 Å². The number of rotatable bonds is 1. The smallest absolute Gasteiger partial charge is 0.215 e. The molecule has 0 aromatic carbocycles. The van der Waals surface area contributed by atoms with Crippen molar-refractivity contribution in [1.82, 2.24) is 4.98 Å². The van der Waals surface area contributed by atoms with Crippen molar-refractivity contribution in [1.29, 1.82) is 0 Å². The summed E-state index contributed by atoms with van der Waals surface area (Å²) in [4.78, 5) is 3.94. The number of hydrogen-bond acceptors (Lipinski definition) is 4. The van der Waals surface area contributed by atoms with E-state index in [0.29, 0.717) is 11.3 Å². The molecule has 0 spiro atoms. The van der Waals surface area contributed by atoms with Crippen molar-refractivity contribution in [3.63, 3.8) is 0 Å². The topological polar surface area (TPSA) is 66.5 Å². The van der Waals surface area contributed by atoms with Crippen LogP contribution in [-0.4, -0.2) is 15.2 Å². The second-order valence-corrected chi connectivity index (χ2v) is 2.50. The molecule has 13 heavy (non-hydrogen) atoms. The highest BCUT2D eigenvalue weighted by Crippen LogP contribution is 2.29. The Morgan fingerprint density at radius 1 is 1.38 bits per heavy atom. The van der Waals surface area contributed by atoms with Gasteiger partial charge in [-0.1, -0.05) is 0 Å². The van der Waals surface area contributed by atoms with Crippen LogP contribution in [0.2, 0.25) is 0 Å². The van der Waals surface area contributed by atoms with Gasteiger partial charge in [0.2, 0.25) is 6.26 Å². The van der Waals surface area contributed by atoms with Crippen LogP contribution in [0.15, 0.2) is 29.0 Å². The highest BCUT2D eigenvalue weighted by atomic mass is 16.3. The van der Waals surface area contributed by atoms with Crippen molar-refractivity contribution in [3.05, 3.63) is 30.9 Å². The van der Waals surface area contributed by atoms with Crippen LogP contribution in [0, 0.1) is 6.26 Å². The lowest BCUT2D eigenvalue weighted by atomic mass is 10.2. The molecule has 2 N–H and O–H groups in total. The molecule has 0 aliphatic heterocycles. The molecule has 2 aromatic rings. The van der Waals surface area contributed by atoms with E-state index in [2.05, 4.69) is 15.7 Å². The Balaban J connectivity index is 2.53. The fourth-order valence-corrected chi connectivity index (χ4v) is 1.00. The predicted molar refractivity (Wildman–Crippen MR) is 44.1 cm³/mol. The molecule has 0 bridgehead atoms. The molecule has 65 valence electrons. The molecule has 0 saturated carbocycles. The zero-order valence-electron chi connectivity index (χ0n) is 6.56. The normalized spacial score (nSPS) is 10.2. The number of pyridine rings is 1. The van der Waals surface area contributed by atoms with Crippen molar-refractivity contribution in [2.24, 2.45) is 0 Å². The molecular formula is C9H6NO3. The maximum absolute atomic E-state index is 9.22. The fourth-order valence-electron chi connectivity index (χ4n) is 1.00. The summed E-state index contributed by atoms with van der Waals surface area (Å²) >= 11 is 0. The Labute approximate surface area is 74.1 Å². The van der Waals surface area contributed by atoms with Gasteiger partial charge in [-0.2, -0.15) is 0 Å². The van der Waals surface area contributed by atoms with Crippen LogP contribution in [0.3, 0.4) is 0 Å². The molecule has 0 saturated heterocycles. The van der Waals surface area contributed by atoms with Crippen LogP contribution >= 0.6 is 0 Å². The van der Waals surface area contributed by atoms with E-state index in [1.165, 1.54) is 24.6 Å². The van der Waals surface area contributed by atoms with Crippen molar-refractivity contribution in [3.8, 4) is 22.8 Å². The van der Waals surface area contributed by atoms with Gasteiger partial charge in [0.1, 0.15) is 12.0 Å². The second kappa shape index (κ2) is 2.82. The maximum atomic E-state index is 9.22. The van der Waals surface area contributed by atoms with Crippen molar-refractivity contribution < 1.29 is 14.6 Å². The van der Waals surface area contributed by atoms with Gasteiger partial charge in [-0.05, 0) is 6.07 Å². The SMILES string of the molecule is Oc1ccnc(-c2co[c]c2O)c1. The van der Waals surface area contributed by atoms with Gasteiger partial charge in [-0.3, -0.25) is 4.98 Å². The van der Waals surface area contributed by atoms with Gasteiger partial charge in [0, 0.05) is 12.3 Å². The van der Waals surface area contributed by atoms with Crippen molar-refractivity contribution in [2.75, 3.05) is 0 Å². The van der Waals surface area contributed by atoms with Gasteiger partial charge in [0.25, 0.3) is 0 Å². The molecule has 1 radical (unpaired) electrons. The third kappa shape index (κ3) is 1.33. The molecule has 2 rings (SSSR count). The van der Waals surface area contributed by atoms with Gasteiger partial charge in [0.15, 0.2) is 5.75 Å². The zero-order chi connectivity index (χ0) is 9.26. The molecule has 0 amide bonds.